The fourth-order valence-corrected chi connectivity index (χ4v) is 5.09. The number of benzene rings is 1. The highest BCUT2D eigenvalue weighted by Gasteiger charge is 2.28. The zero-order valence-electron chi connectivity index (χ0n) is 20.7. The molecule has 2 atom stereocenters. The Morgan fingerprint density at radius 1 is 1.28 bits per heavy atom. The number of aromatic nitrogens is 3. The van der Waals surface area contributed by atoms with Crippen molar-refractivity contribution < 1.29 is 19.3 Å². The van der Waals surface area contributed by atoms with Gasteiger partial charge in [0.15, 0.2) is 11.2 Å². The predicted molar refractivity (Wildman–Crippen MR) is 134 cm³/mol. The molecule has 2 aromatic heterocycles. The van der Waals surface area contributed by atoms with Crippen LogP contribution in [0.2, 0.25) is 0 Å². The third kappa shape index (κ3) is 4.61. The van der Waals surface area contributed by atoms with Crippen molar-refractivity contribution in [3.8, 4) is 11.3 Å². The molecule has 2 saturated heterocycles. The third-order valence-corrected chi connectivity index (χ3v) is 7.05. The van der Waals surface area contributed by atoms with Gasteiger partial charge < -0.3 is 24.8 Å². The Hall–Kier alpha value is -2.92. The van der Waals surface area contributed by atoms with Crippen LogP contribution in [-0.4, -0.2) is 74.2 Å². The predicted octanol–water partition coefficient (Wildman–Crippen LogP) is 2.23. The summed E-state index contributed by atoms with van der Waals surface area (Å²) in [6.45, 7) is 8.39. The number of β-amino-alcohol motifs (C(OH)–C–C–N with tert-alkyl or cyclic N) is 1. The van der Waals surface area contributed by atoms with E-state index in [0.717, 1.165) is 11.9 Å². The van der Waals surface area contributed by atoms with Crippen LogP contribution in [0.1, 0.15) is 37.6 Å². The van der Waals surface area contributed by atoms with Gasteiger partial charge in [0, 0.05) is 54.5 Å². The van der Waals surface area contributed by atoms with E-state index in [4.69, 9.17) is 4.74 Å². The second-order valence-corrected chi connectivity index (χ2v) is 10.0. The summed E-state index contributed by atoms with van der Waals surface area (Å²) in [5.41, 5.74) is 2.88. The van der Waals surface area contributed by atoms with Crippen molar-refractivity contribution in [2.75, 3.05) is 31.6 Å². The summed E-state index contributed by atoms with van der Waals surface area (Å²) < 4.78 is 22.3. The second-order valence-electron chi connectivity index (χ2n) is 10.0. The third-order valence-electron chi connectivity index (χ3n) is 7.05. The molecule has 0 aliphatic carbocycles. The van der Waals surface area contributed by atoms with Gasteiger partial charge >= 0.3 is 0 Å². The van der Waals surface area contributed by atoms with Crippen LogP contribution in [-0.2, 0) is 11.3 Å². The molecule has 2 aliphatic rings. The number of aliphatic hydroxyl groups is 2. The van der Waals surface area contributed by atoms with Gasteiger partial charge in [0.25, 0.3) is 0 Å². The van der Waals surface area contributed by atoms with E-state index < -0.39 is 11.9 Å². The largest absolute Gasteiger partial charge is 0.390 e. The molecule has 1 aromatic carbocycles. The molecule has 0 unspecified atom stereocenters. The summed E-state index contributed by atoms with van der Waals surface area (Å²) in [7, 11) is 0. The molecule has 0 radical (unpaired) electrons. The lowest BCUT2D eigenvalue weighted by Gasteiger charge is -2.37. The number of anilines is 1. The molecule has 4 heterocycles. The van der Waals surface area contributed by atoms with Crippen molar-refractivity contribution in [2.45, 2.75) is 58.0 Å². The number of hydrogen-bond donors (Lipinski definition) is 3. The summed E-state index contributed by atoms with van der Waals surface area (Å²) in [5.74, 6) is -0.354. The summed E-state index contributed by atoms with van der Waals surface area (Å²) in [6.07, 6.45) is 0.671. The molecule has 0 bridgehead atoms. The summed E-state index contributed by atoms with van der Waals surface area (Å²) in [5, 5.41) is 23.6. The monoisotopic (exact) mass is 497 g/mol. The molecular formula is C26H32FN5O4. The number of ether oxygens (including phenoxy) is 1. The first-order valence-electron chi connectivity index (χ1n) is 12.4. The molecule has 3 N–H and O–H groups in total. The lowest BCUT2D eigenvalue weighted by Crippen LogP contribution is -2.50. The molecule has 0 spiro atoms. The van der Waals surface area contributed by atoms with Crippen LogP contribution in [0.3, 0.4) is 0 Å². The number of nitrogens with one attached hydrogen (secondary N) is 1. The van der Waals surface area contributed by atoms with E-state index in [9.17, 15) is 19.4 Å². The van der Waals surface area contributed by atoms with Gasteiger partial charge in [0.05, 0.1) is 36.6 Å². The van der Waals surface area contributed by atoms with Crippen LogP contribution >= 0.6 is 0 Å². The molecule has 2 aliphatic heterocycles. The minimum atomic E-state index is -0.703. The highest BCUT2D eigenvalue weighted by Crippen LogP contribution is 2.29. The maximum Gasteiger partial charge on any atom is 0.223 e. The Morgan fingerprint density at radius 2 is 2.06 bits per heavy atom. The Bertz CT molecular complexity index is 1340. The first-order chi connectivity index (χ1) is 17.2. The highest BCUT2D eigenvalue weighted by molar-refractivity contribution is 5.85. The van der Waals surface area contributed by atoms with Crippen molar-refractivity contribution >= 4 is 16.9 Å². The zero-order valence-corrected chi connectivity index (χ0v) is 20.7. The molecule has 5 rings (SSSR count). The minimum Gasteiger partial charge on any atom is -0.390 e. The Balaban J connectivity index is 1.57. The van der Waals surface area contributed by atoms with Crippen molar-refractivity contribution in [1.29, 1.82) is 0 Å². The quantitative estimate of drug-likeness (QED) is 0.475. The van der Waals surface area contributed by atoms with Gasteiger partial charge in [-0.25, -0.2) is 14.4 Å². The Kier molecular flexibility index (Phi) is 6.78. The molecule has 9 nitrogen and oxygen atoms in total. The van der Waals surface area contributed by atoms with Crippen LogP contribution in [0, 0.1) is 12.7 Å². The maximum absolute atomic E-state index is 14.9. The van der Waals surface area contributed by atoms with E-state index >= 15 is 0 Å². The first kappa shape index (κ1) is 24.8. The van der Waals surface area contributed by atoms with Crippen molar-refractivity contribution in [3.05, 3.63) is 51.7 Å². The Labute approximate surface area is 208 Å². The van der Waals surface area contributed by atoms with Crippen LogP contribution in [0.25, 0.3) is 22.2 Å². The highest BCUT2D eigenvalue weighted by atomic mass is 19.1. The van der Waals surface area contributed by atoms with Gasteiger partial charge in [0.1, 0.15) is 5.69 Å². The SMILES string of the molecule is Cc1c(CN2CC(O)C2)n(C(C)C)c2cc(-c3nc(N[C@@H]4CCOC[C@H]4O)ncc3F)ccc2c1=O. The Morgan fingerprint density at radius 3 is 2.75 bits per heavy atom. The van der Waals surface area contributed by atoms with Gasteiger partial charge in [-0.2, -0.15) is 0 Å². The van der Waals surface area contributed by atoms with E-state index in [2.05, 4.69) is 38.6 Å². The maximum atomic E-state index is 14.9. The standard InChI is InChI=1S/C26H32FN5O4/c1-14(2)32-21-8-16(4-5-18(21)25(35)15(3)22(32)12-31-10-17(33)11-31)24-19(27)9-28-26(30-24)29-20-6-7-36-13-23(20)34/h4-5,8-9,14,17,20,23,33-34H,6-7,10-13H2,1-3H3,(H,28,29,30)/t20-,23-/m1/s1. The topological polar surface area (TPSA) is 113 Å². The number of likely N-dealkylation sites (tertiary alicyclic amines) is 1. The summed E-state index contributed by atoms with van der Waals surface area (Å²) in [6, 6.07) is 5.00. The van der Waals surface area contributed by atoms with E-state index in [-0.39, 0.29) is 41.9 Å². The fourth-order valence-electron chi connectivity index (χ4n) is 5.09. The smallest absolute Gasteiger partial charge is 0.223 e. The van der Waals surface area contributed by atoms with Gasteiger partial charge in [-0.3, -0.25) is 9.69 Å². The number of fused-ring (bicyclic) bond motifs is 1. The zero-order chi connectivity index (χ0) is 25.6. The molecule has 192 valence electrons. The van der Waals surface area contributed by atoms with E-state index in [1.807, 2.05) is 13.0 Å². The number of rotatable bonds is 6. The van der Waals surface area contributed by atoms with E-state index in [1.165, 1.54) is 0 Å². The van der Waals surface area contributed by atoms with Gasteiger partial charge in [-0.15, -0.1) is 0 Å². The number of pyridine rings is 1. The normalized spacial score (nSPS) is 21.2. The summed E-state index contributed by atoms with van der Waals surface area (Å²) >= 11 is 0. The van der Waals surface area contributed by atoms with E-state index in [1.54, 1.807) is 12.1 Å². The van der Waals surface area contributed by atoms with Crippen LogP contribution in [0.4, 0.5) is 10.3 Å². The molecule has 0 amide bonds. The van der Waals surface area contributed by atoms with Crippen LogP contribution in [0.5, 0.6) is 0 Å². The number of hydrogen-bond acceptors (Lipinski definition) is 8. The number of halogens is 1. The number of nitrogens with zero attached hydrogens (tertiary/aromatic N) is 4. The minimum absolute atomic E-state index is 0.0470. The van der Waals surface area contributed by atoms with E-state index in [0.29, 0.717) is 54.7 Å². The van der Waals surface area contributed by atoms with Gasteiger partial charge in [0.2, 0.25) is 5.95 Å². The molecule has 10 heteroatoms. The van der Waals surface area contributed by atoms with Crippen molar-refractivity contribution in [2.24, 2.45) is 0 Å². The lowest BCUT2D eigenvalue weighted by molar-refractivity contribution is -0.0136. The van der Waals surface area contributed by atoms with Crippen molar-refractivity contribution in [1.82, 2.24) is 19.4 Å². The summed E-state index contributed by atoms with van der Waals surface area (Å²) in [4.78, 5) is 23.9. The van der Waals surface area contributed by atoms with Crippen LogP contribution in [0.15, 0.2) is 29.2 Å². The van der Waals surface area contributed by atoms with Gasteiger partial charge in [-0.05, 0) is 39.3 Å². The second kappa shape index (κ2) is 9.85. The molecule has 3 aromatic rings. The lowest BCUT2D eigenvalue weighted by atomic mass is 10.0. The average molecular weight is 498 g/mol. The fraction of sp³-hybridized carbons (Fsp3) is 0.500. The molecule has 0 saturated carbocycles. The molecular weight excluding hydrogens is 465 g/mol. The molecule has 2 fully saturated rings. The van der Waals surface area contributed by atoms with Crippen molar-refractivity contribution in [3.63, 3.8) is 0 Å². The van der Waals surface area contributed by atoms with Crippen LogP contribution < -0.4 is 10.7 Å². The molecule has 36 heavy (non-hydrogen) atoms. The average Bonchev–Trinajstić information content (AvgIpc) is 2.83. The first-order valence-corrected chi connectivity index (χ1v) is 12.4. The van der Waals surface area contributed by atoms with Gasteiger partial charge in [-0.1, -0.05) is 6.07 Å². The number of aliphatic hydroxyl groups excluding tert-OH is 2.